The Balaban J connectivity index is 1.69. The highest BCUT2D eigenvalue weighted by Crippen LogP contribution is 2.18. The van der Waals surface area contributed by atoms with E-state index in [9.17, 15) is 13.2 Å². The number of carbonyl (C=O) groups excluding carboxylic acids is 1. The van der Waals surface area contributed by atoms with E-state index in [2.05, 4.69) is 4.72 Å². The van der Waals surface area contributed by atoms with Gasteiger partial charge in [-0.2, -0.15) is 0 Å². The Morgan fingerprint density at radius 3 is 2.38 bits per heavy atom. The van der Waals surface area contributed by atoms with E-state index in [1.165, 1.54) is 0 Å². The van der Waals surface area contributed by atoms with E-state index in [4.69, 9.17) is 4.74 Å². The summed E-state index contributed by atoms with van der Waals surface area (Å²) >= 11 is 0. The molecule has 0 spiro atoms. The fourth-order valence-electron chi connectivity index (χ4n) is 3.54. The van der Waals surface area contributed by atoms with Gasteiger partial charge in [0.15, 0.2) is 0 Å². The highest BCUT2D eigenvalue weighted by atomic mass is 32.2. The van der Waals surface area contributed by atoms with Gasteiger partial charge in [0.2, 0.25) is 15.9 Å². The number of carbonyl (C=O) groups is 1. The van der Waals surface area contributed by atoms with Crippen molar-refractivity contribution in [2.24, 2.45) is 0 Å². The molecule has 2 aromatic rings. The van der Waals surface area contributed by atoms with E-state index in [1.54, 1.807) is 36.4 Å². The van der Waals surface area contributed by atoms with Crippen LogP contribution in [0.25, 0.3) is 6.08 Å². The molecule has 0 bridgehead atoms. The summed E-state index contributed by atoms with van der Waals surface area (Å²) < 4.78 is 30.8. The predicted octanol–water partition coefficient (Wildman–Crippen LogP) is 3.35. The maximum absolute atomic E-state index is 13.0. The lowest BCUT2D eigenvalue weighted by Gasteiger charge is -2.25. The van der Waals surface area contributed by atoms with E-state index in [-0.39, 0.29) is 12.0 Å². The number of sulfonamides is 1. The lowest BCUT2D eigenvalue weighted by Crippen LogP contribution is -2.35. The van der Waals surface area contributed by atoms with E-state index in [1.807, 2.05) is 48.2 Å². The molecule has 172 valence electrons. The zero-order valence-corrected chi connectivity index (χ0v) is 19.6. The van der Waals surface area contributed by atoms with Crippen LogP contribution in [-0.4, -0.2) is 58.8 Å². The summed E-state index contributed by atoms with van der Waals surface area (Å²) in [5, 5.41) is 0. The van der Waals surface area contributed by atoms with Gasteiger partial charge in [0, 0.05) is 51.2 Å². The second kappa shape index (κ2) is 10.7. The molecule has 32 heavy (non-hydrogen) atoms. The summed E-state index contributed by atoms with van der Waals surface area (Å²) in [5.41, 5.74) is 3.47. The van der Waals surface area contributed by atoms with Gasteiger partial charge >= 0.3 is 0 Å². The van der Waals surface area contributed by atoms with Gasteiger partial charge in [-0.05, 0) is 54.3 Å². The first-order valence-electron chi connectivity index (χ1n) is 10.6. The molecule has 1 unspecified atom stereocenters. The minimum Gasteiger partial charge on any atom is -0.378 e. The Morgan fingerprint density at radius 2 is 1.81 bits per heavy atom. The predicted molar refractivity (Wildman–Crippen MR) is 129 cm³/mol. The Kier molecular flexibility index (Phi) is 7.93. The number of nitrogens with zero attached hydrogens (tertiary/aromatic N) is 2. The summed E-state index contributed by atoms with van der Waals surface area (Å²) in [6.45, 7) is 1.80. The summed E-state index contributed by atoms with van der Waals surface area (Å²) in [7, 11) is 0.674. The highest BCUT2D eigenvalue weighted by Gasteiger charge is 2.21. The standard InChI is InChI=1S/C24H31N3O4S/c1-26(2)22-13-8-20(9-14-22)17-27(18-23-5-4-16-31-23)24(28)15-10-19-6-11-21(12-7-19)25-32(3,29)30/h6-15,23,25H,4-5,16-18H2,1-3H3/b15-10+. The van der Waals surface area contributed by atoms with Crippen LogP contribution in [0.2, 0.25) is 0 Å². The Morgan fingerprint density at radius 1 is 1.12 bits per heavy atom. The average molecular weight is 458 g/mol. The van der Waals surface area contributed by atoms with Crippen LogP contribution in [0.5, 0.6) is 0 Å². The van der Waals surface area contributed by atoms with E-state index in [0.717, 1.165) is 42.5 Å². The minimum absolute atomic E-state index is 0.0646. The lowest BCUT2D eigenvalue weighted by molar-refractivity contribution is -0.128. The van der Waals surface area contributed by atoms with Gasteiger partial charge in [-0.1, -0.05) is 24.3 Å². The largest absolute Gasteiger partial charge is 0.378 e. The topological polar surface area (TPSA) is 79.0 Å². The molecule has 0 aromatic heterocycles. The van der Waals surface area contributed by atoms with E-state index < -0.39 is 10.0 Å². The third kappa shape index (κ3) is 7.39. The van der Waals surface area contributed by atoms with Gasteiger partial charge in [0.05, 0.1) is 12.4 Å². The molecule has 1 fully saturated rings. The van der Waals surface area contributed by atoms with Gasteiger partial charge in [0.25, 0.3) is 0 Å². The third-order valence-corrected chi connectivity index (χ3v) is 5.82. The number of rotatable bonds is 9. The van der Waals surface area contributed by atoms with E-state index >= 15 is 0 Å². The first-order valence-corrected chi connectivity index (χ1v) is 12.5. The monoisotopic (exact) mass is 457 g/mol. The van der Waals surface area contributed by atoms with Gasteiger partial charge in [-0.25, -0.2) is 8.42 Å². The van der Waals surface area contributed by atoms with Crippen LogP contribution >= 0.6 is 0 Å². The zero-order valence-electron chi connectivity index (χ0n) is 18.8. The second-order valence-corrected chi connectivity index (χ2v) is 9.99. The normalized spacial score (nSPS) is 16.3. The lowest BCUT2D eigenvalue weighted by atomic mass is 10.1. The van der Waals surface area contributed by atoms with Crippen molar-refractivity contribution in [3.05, 3.63) is 65.7 Å². The third-order valence-electron chi connectivity index (χ3n) is 5.22. The smallest absolute Gasteiger partial charge is 0.246 e. The SMILES string of the molecule is CN(C)c1ccc(CN(CC2CCCO2)C(=O)/C=C/c2ccc(NS(C)(=O)=O)cc2)cc1. The van der Waals surface area contributed by atoms with Crippen LogP contribution in [0, 0.1) is 0 Å². The first kappa shape index (κ1) is 23.8. The van der Waals surface area contributed by atoms with Gasteiger partial charge in [0.1, 0.15) is 0 Å². The van der Waals surface area contributed by atoms with Crippen LogP contribution < -0.4 is 9.62 Å². The fourth-order valence-corrected chi connectivity index (χ4v) is 4.10. The van der Waals surface area contributed by atoms with Crippen molar-refractivity contribution in [2.75, 3.05) is 43.1 Å². The molecule has 1 aliphatic heterocycles. The minimum atomic E-state index is -3.32. The highest BCUT2D eigenvalue weighted by molar-refractivity contribution is 7.92. The number of ether oxygens (including phenoxy) is 1. The zero-order chi connectivity index (χ0) is 23.1. The molecule has 0 radical (unpaired) electrons. The fraction of sp³-hybridized carbons (Fsp3) is 0.375. The Labute approximate surface area is 190 Å². The van der Waals surface area contributed by atoms with Crippen LogP contribution in [0.3, 0.4) is 0 Å². The molecular formula is C24H31N3O4S. The van der Waals surface area contributed by atoms with Crippen molar-refractivity contribution in [3.8, 4) is 0 Å². The molecule has 0 saturated carbocycles. The van der Waals surface area contributed by atoms with Crippen LogP contribution in [0.15, 0.2) is 54.6 Å². The molecule has 7 nitrogen and oxygen atoms in total. The number of amides is 1. The number of benzene rings is 2. The van der Waals surface area contributed by atoms with Crippen LogP contribution in [-0.2, 0) is 26.1 Å². The summed E-state index contributed by atoms with van der Waals surface area (Å²) in [4.78, 5) is 16.9. The number of hydrogen-bond donors (Lipinski definition) is 1. The maximum Gasteiger partial charge on any atom is 0.246 e. The molecular weight excluding hydrogens is 426 g/mol. The van der Waals surface area contributed by atoms with Gasteiger partial charge in [-0.3, -0.25) is 9.52 Å². The van der Waals surface area contributed by atoms with Crippen LogP contribution in [0.1, 0.15) is 24.0 Å². The molecule has 1 heterocycles. The van der Waals surface area contributed by atoms with Crippen molar-refractivity contribution in [1.82, 2.24) is 4.90 Å². The quantitative estimate of drug-likeness (QED) is 0.585. The van der Waals surface area contributed by atoms with Gasteiger partial charge in [-0.15, -0.1) is 0 Å². The average Bonchev–Trinajstić information content (AvgIpc) is 3.25. The summed E-state index contributed by atoms with van der Waals surface area (Å²) in [5.74, 6) is -0.0875. The number of nitrogens with one attached hydrogen (secondary N) is 1. The Bertz CT molecular complexity index is 1030. The maximum atomic E-state index is 13.0. The van der Waals surface area contributed by atoms with Crippen molar-refractivity contribution in [1.29, 1.82) is 0 Å². The second-order valence-electron chi connectivity index (χ2n) is 8.24. The molecule has 1 atom stereocenters. The number of hydrogen-bond acceptors (Lipinski definition) is 5. The molecule has 3 rings (SSSR count). The summed E-state index contributed by atoms with van der Waals surface area (Å²) in [6, 6.07) is 15.1. The van der Waals surface area contributed by atoms with E-state index in [0.29, 0.717) is 18.8 Å². The Hall–Kier alpha value is -2.84. The van der Waals surface area contributed by atoms with Crippen molar-refractivity contribution in [2.45, 2.75) is 25.5 Å². The van der Waals surface area contributed by atoms with Crippen molar-refractivity contribution < 1.29 is 17.9 Å². The molecule has 0 aliphatic carbocycles. The van der Waals surface area contributed by atoms with Gasteiger partial charge < -0.3 is 14.5 Å². The number of anilines is 2. The molecule has 2 aromatic carbocycles. The molecule has 1 amide bonds. The summed E-state index contributed by atoms with van der Waals surface area (Å²) in [6.07, 6.45) is 6.45. The molecule has 8 heteroatoms. The molecule has 1 N–H and O–H groups in total. The van der Waals surface area contributed by atoms with Crippen LogP contribution in [0.4, 0.5) is 11.4 Å². The molecule has 1 saturated heterocycles. The van der Waals surface area contributed by atoms with Crippen molar-refractivity contribution in [3.63, 3.8) is 0 Å². The van der Waals surface area contributed by atoms with Crippen molar-refractivity contribution >= 4 is 33.4 Å². The molecule has 1 aliphatic rings. The first-order chi connectivity index (χ1) is 15.2.